The summed E-state index contributed by atoms with van der Waals surface area (Å²) in [6, 6.07) is 0. The van der Waals surface area contributed by atoms with Gasteiger partial charge in [0.2, 0.25) is 11.6 Å². The van der Waals surface area contributed by atoms with E-state index in [0.29, 0.717) is 19.6 Å². The fourth-order valence-corrected chi connectivity index (χ4v) is 1.21. The van der Waals surface area contributed by atoms with Gasteiger partial charge in [0, 0.05) is 20.3 Å². The minimum Gasteiger partial charge on any atom is -0.385 e. The SMILES string of the molecule is COCCCNc1ncnc(NN)c1[N+](=O)[O-]. The summed E-state index contributed by atoms with van der Waals surface area (Å²) in [7, 11) is 1.59. The lowest BCUT2D eigenvalue weighted by molar-refractivity contribution is -0.383. The molecule has 0 unspecified atom stereocenters. The minimum atomic E-state index is -0.589. The van der Waals surface area contributed by atoms with Crippen LogP contribution in [0.2, 0.25) is 0 Å². The molecule has 0 radical (unpaired) electrons. The van der Waals surface area contributed by atoms with E-state index in [-0.39, 0.29) is 17.3 Å². The van der Waals surface area contributed by atoms with Crippen LogP contribution in [0, 0.1) is 10.1 Å². The molecule has 17 heavy (non-hydrogen) atoms. The van der Waals surface area contributed by atoms with E-state index in [2.05, 4.69) is 20.7 Å². The fourth-order valence-electron chi connectivity index (χ4n) is 1.21. The van der Waals surface area contributed by atoms with Crippen LogP contribution in [-0.4, -0.2) is 35.2 Å². The standard InChI is InChI=1S/C8H14N6O3/c1-17-4-2-3-10-7-6(14(15)16)8(13-9)12-5-11-7/h5H,2-4,9H2,1H3,(H2,10,11,12,13). The topological polar surface area (TPSA) is 128 Å². The third kappa shape index (κ3) is 3.50. The first-order valence-corrected chi connectivity index (χ1v) is 4.89. The van der Waals surface area contributed by atoms with Crippen LogP contribution in [0.1, 0.15) is 6.42 Å². The van der Waals surface area contributed by atoms with Crippen molar-refractivity contribution in [3.63, 3.8) is 0 Å². The van der Waals surface area contributed by atoms with E-state index in [9.17, 15) is 10.1 Å². The van der Waals surface area contributed by atoms with Crippen LogP contribution >= 0.6 is 0 Å². The van der Waals surface area contributed by atoms with Gasteiger partial charge >= 0.3 is 5.69 Å². The average Bonchev–Trinajstić information content (AvgIpc) is 2.33. The molecule has 94 valence electrons. The third-order valence-corrected chi connectivity index (χ3v) is 1.96. The monoisotopic (exact) mass is 242 g/mol. The summed E-state index contributed by atoms with van der Waals surface area (Å²) in [4.78, 5) is 17.7. The second-order valence-corrected chi connectivity index (χ2v) is 3.09. The van der Waals surface area contributed by atoms with E-state index in [1.807, 2.05) is 0 Å². The number of hydrogen-bond donors (Lipinski definition) is 3. The number of anilines is 2. The van der Waals surface area contributed by atoms with E-state index in [0.717, 1.165) is 0 Å². The van der Waals surface area contributed by atoms with Crippen LogP contribution < -0.4 is 16.6 Å². The molecule has 0 amide bonds. The lowest BCUT2D eigenvalue weighted by Gasteiger charge is -2.07. The zero-order valence-electron chi connectivity index (χ0n) is 9.34. The number of rotatable bonds is 7. The normalized spacial score (nSPS) is 10.0. The number of hydrazine groups is 1. The smallest absolute Gasteiger partial charge is 0.354 e. The molecule has 9 heteroatoms. The first kappa shape index (κ1) is 13.1. The molecular formula is C8H14N6O3. The summed E-state index contributed by atoms with van der Waals surface area (Å²) in [5, 5.41) is 13.7. The number of ether oxygens (including phenoxy) is 1. The zero-order chi connectivity index (χ0) is 12.7. The second-order valence-electron chi connectivity index (χ2n) is 3.09. The quantitative estimate of drug-likeness (QED) is 0.266. The van der Waals surface area contributed by atoms with Gasteiger partial charge in [-0.1, -0.05) is 0 Å². The summed E-state index contributed by atoms with van der Waals surface area (Å²) in [6.45, 7) is 1.07. The first-order chi connectivity index (χ1) is 8.20. The predicted molar refractivity (Wildman–Crippen MR) is 61.5 cm³/mol. The van der Waals surface area contributed by atoms with Crippen molar-refractivity contribution in [1.29, 1.82) is 0 Å². The van der Waals surface area contributed by atoms with Gasteiger partial charge in [0.15, 0.2) is 0 Å². The highest BCUT2D eigenvalue weighted by molar-refractivity contribution is 5.68. The van der Waals surface area contributed by atoms with Crippen molar-refractivity contribution >= 4 is 17.3 Å². The Bertz CT molecular complexity index is 386. The van der Waals surface area contributed by atoms with Gasteiger partial charge in [-0.3, -0.25) is 10.1 Å². The highest BCUT2D eigenvalue weighted by Gasteiger charge is 2.21. The van der Waals surface area contributed by atoms with Crippen molar-refractivity contribution in [2.45, 2.75) is 6.42 Å². The van der Waals surface area contributed by atoms with Gasteiger partial charge in [0.1, 0.15) is 6.33 Å². The van der Waals surface area contributed by atoms with Crippen LogP contribution in [0.4, 0.5) is 17.3 Å². The number of aromatic nitrogens is 2. The molecule has 0 aromatic carbocycles. The van der Waals surface area contributed by atoms with E-state index in [4.69, 9.17) is 10.6 Å². The van der Waals surface area contributed by atoms with Crippen molar-refractivity contribution in [2.75, 3.05) is 31.0 Å². The number of nitro groups is 1. The van der Waals surface area contributed by atoms with Crippen LogP contribution in [0.15, 0.2) is 6.33 Å². The van der Waals surface area contributed by atoms with Crippen molar-refractivity contribution in [3.8, 4) is 0 Å². The second kappa shape index (κ2) is 6.55. The van der Waals surface area contributed by atoms with Crippen molar-refractivity contribution in [2.24, 2.45) is 5.84 Å². The highest BCUT2D eigenvalue weighted by Crippen LogP contribution is 2.27. The van der Waals surface area contributed by atoms with E-state index < -0.39 is 4.92 Å². The Kier molecular flexibility index (Phi) is 5.04. The van der Waals surface area contributed by atoms with Crippen molar-refractivity contribution in [1.82, 2.24) is 9.97 Å². The van der Waals surface area contributed by atoms with Crippen LogP contribution in [-0.2, 0) is 4.74 Å². The Morgan fingerprint density at radius 2 is 2.24 bits per heavy atom. The molecule has 9 nitrogen and oxygen atoms in total. The molecule has 1 rings (SSSR count). The molecule has 0 atom stereocenters. The average molecular weight is 242 g/mol. The van der Waals surface area contributed by atoms with Gasteiger partial charge in [-0.05, 0) is 6.42 Å². The lowest BCUT2D eigenvalue weighted by Crippen LogP contribution is -2.14. The highest BCUT2D eigenvalue weighted by atomic mass is 16.6. The summed E-state index contributed by atoms with van der Waals surface area (Å²) >= 11 is 0. The van der Waals surface area contributed by atoms with E-state index >= 15 is 0 Å². The molecule has 1 heterocycles. The Balaban J connectivity index is 2.79. The van der Waals surface area contributed by atoms with Crippen LogP contribution in [0.25, 0.3) is 0 Å². The Hall–Kier alpha value is -2.00. The molecule has 4 N–H and O–H groups in total. The minimum absolute atomic E-state index is 0.0285. The molecule has 0 bridgehead atoms. The molecular weight excluding hydrogens is 228 g/mol. The molecule has 0 spiro atoms. The zero-order valence-corrected chi connectivity index (χ0v) is 9.34. The number of methoxy groups -OCH3 is 1. The number of nitrogens with one attached hydrogen (secondary N) is 2. The maximum absolute atomic E-state index is 10.9. The number of nitrogens with zero attached hydrogens (tertiary/aromatic N) is 3. The first-order valence-electron chi connectivity index (χ1n) is 4.89. The molecule has 0 saturated heterocycles. The molecule has 1 aromatic heterocycles. The van der Waals surface area contributed by atoms with Crippen molar-refractivity contribution in [3.05, 3.63) is 16.4 Å². The maximum Gasteiger partial charge on any atom is 0.354 e. The van der Waals surface area contributed by atoms with Gasteiger partial charge in [-0.15, -0.1) is 0 Å². The van der Waals surface area contributed by atoms with Gasteiger partial charge in [-0.25, -0.2) is 15.8 Å². The van der Waals surface area contributed by atoms with E-state index in [1.165, 1.54) is 6.33 Å². The van der Waals surface area contributed by atoms with Gasteiger partial charge in [0.05, 0.1) is 4.92 Å². The van der Waals surface area contributed by atoms with Gasteiger partial charge in [0.25, 0.3) is 0 Å². The molecule has 0 saturated carbocycles. The summed E-state index contributed by atoms with van der Waals surface area (Å²) in [6.07, 6.45) is 1.91. The number of hydrogen-bond acceptors (Lipinski definition) is 8. The van der Waals surface area contributed by atoms with E-state index in [1.54, 1.807) is 7.11 Å². The third-order valence-electron chi connectivity index (χ3n) is 1.96. The maximum atomic E-state index is 10.9. The van der Waals surface area contributed by atoms with Crippen LogP contribution in [0.3, 0.4) is 0 Å². The summed E-state index contributed by atoms with van der Waals surface area (Å²) in [5.41, 5.74) is 1.89. The van der Waals surface area contributed by atoms with Gasteiger partial charge in [-0.2, -0.15) is 0 Å². The lowest BCUT2D eigenvalue weighted by atomic mass is 10.4. The Morgan fingerprint density at radius 3 is 2.82 bits per heavy atom. The molecule has 1 aromatic rings. The Morgan fingerprint density at radius 1 is 1.53 bits per heavy atom. The largest absolute Gasteiger partial charge is 0.385 e. The molecule has 0 aliphatic carbocycles. The van der Waals surface area contributed by atoms with Crippen molar-refractivity contribution < 1.29 is 9.66 Å². The molecule has 0 fully saturated rings. The predicted octanol–water partition coefficient (Wildman–Crippen LogP) is 0.119. The molecule has 0 aliphatic heterocycles. The molecule has 0 aliphatic rings. The summed E-state index contributed by atoms with van der Waals surface area (Å²) < 4.78 is 4.86. The number of nitrogens with two attached hydrogens (primary N) is 1. The van der Waals surface area contributed by atoms with Gasteiger partial charge < -0.3 is 15.5 Å². The fraction of sp³-hybridized carbons (Fsp3) is 0.500. The number of nitrogen functional groups attached to an aromatic ring is 1. The van der Waals surface area contributed by atoms with Crippen LogP contribution in [0.5, 0.6) is 0 Å². The summed E-state index contributed by atoms with van der Waals surface area (Å²) in [5.74, 6) is 5.25. The Labute approximate surface area is 97.5 Å².